The molecule has 1 atom stereocenters. The molecule has 0 aromatic carbocycles. The molecule has 2 aliphatic heterocycles. The molecule has 0 amide bonds. The summed E-state index contributed by atoms with van der Waals surface area (Å²) < 4.78 is 5.90. The van der Waals surface area contributed by atoms with Crippen molar-refractivity contribution in [2.45, 2.75) is 19.3 Å². The number of piperidine rings is 1. The third-order valence-electron chi connectivity index (χ3n) is 4.10. The van der Waals surface area contributed by atoms with E-state index < -0.39 is 0 Å². The standard InChI is InChI=1S/C16H19BrN6O/c17-14-15(12-2-1-4-20-8-12)21-10-23(16(14)19)22-5-3-11-6-13(7-18)24-9-11/h5-6,9,12,20H,1-4,8,10,19H2/b22-5-. The summed E-state index contributed by atoms with van der Waals surface area (Å²) in [6.07, 6.45) is 6.14. The van der Waals surface area contributed by atoms with Crippen molar-refractivity contribution >= 4 is 27.9 Å². The summed E-state index contributed by atoms with van der Waals surface area (Å²) >= 11 is 3.58. The summed E-state index contributed by atoms with van der Waals surface area (Å²) in [5.41, 5.74) is 8.13. The zero-order valence-electron chi connectivity index (χ0n) is 13.2. The fourth-order valence-corrected chi connectivity index (χ4v) is 3.47. The van der Waals surface area contributed by atoms with E-state index in [-0.39, 0.29) is 0 Å². The van der Waals surface area contributed by atoms with E-state index in [9.17, 15) is 0 Å². The summed E-state index contributed by atoms with van der Waals surface area (Å²) in [4.78, 5) is 4.65. The van der Waals surface area contributed by atoms with Crippen LogP contribution >= 0.6 is 15.9 Å². The molecular weight excluding hydrogens is 372 g/mol. The van der Waals surface area contributed by atoms with Crippen molar-refractivity contribution in [1.29, 1.82) is 5.26 Å². The third kappa shape index (κ3) is 3.68. The number of halogens is 1. The van der Waals surface area contributed by atoms with Gasteiger partial charge in [0, 0.05) is 25.1 Å². The second kappa shape index (κ2) is 7.64. The Kier molecular flexibility index (Phi) is 5.33. The number of nitrogens with one attached hydrogen (secondary N) is 1. The Labute approximate surface area is 149 Å². The number of hydrazone groups is 1. The van der Waals surface area contributed by atoms with Gasteiger partial charge in [0.1, 0.15) is 18.6 Å². The van der Waals surface area contributed by atoms with Crippen LogP contribution in [0.25, 0.3) is 0 Å². The van der Waals surface area contributed by atoms with Gasteiger partial charge in [0.05, 0.1) is 16.5 Å². The maximum atomic E-state index is 8.74. The van der Waals surface area contributed by atoms with Crippen LogP contribution in [0.4, 0.5) is 0 Å². The van der Waals surface area contributed by atoms with Crippen molar-refractivity contribution in [1.82, 2.24) is 10.3 Å². The molecule has 1 aromatic rings. The quantitative estimate of drug-likeness (QED) is 0.764. The molecule has 0 saturated carbocycles. The van der Waals surface area contributed by atoms with Crippen LogP contribution in [0.3, 0.4) is 0 Å². The summed E-state index contributed by atoms with van der Waals surface area (Å²) in [5, 5.41) is 18.2. The molecule has 1 saturated heterocycles. The van der Waals surface area contributed by atoms with Crippen LogP contribution in [0, 0.1) is 17.2 Å². The smallest absolute Gasteiger partial charge is 0.203 e. The van der Waals surface area contributed by atoms with E-state index in [4.69, 9.17) is 15.4 Å². The van der Waals surface area contributed by atoms with E-state index in [0.717, 1.165) is 41.7 Å². The fraction of sp³-hybridized carbons (Fsp3) is 0.438. The fourth-order valence-electron chi connectivity index (χ4n) is 2.81. The minimum Gasteiger partial charge on any atom is -0.454 e. The van der Waals surface area contributed by atoms with E-state index in [0.29, 0.717) is 30.6 Å². The lowest BCUT2D eigenvalue weighted by Gasteiger charge is -2.30. The van der Waals surface area contributed by atoms with Gasteiger partial charge in [0.2, 0.25) is 5.76 Å². The molecule has 3 rings (SSSR count). The molecule has 126 valence electrons. The van der Waals surface area contributed by atoms with Crippen molar-refractivity contribution < 1.29 is 4.42 Å². The van der Waals surface area contributed by atoms with Crippen LogP contribution in [0.15, 0.2) is 37.1 Å². The summed E-state index contributed by atoms with van der Waals surface area (Å²) in [6, 6.07) is 3.66. The molecule has 0 radical (unpaired) electrons. The number of nitrogens with two attached hydrogens (primary N) is 1. The number of hydrogen-bond donors (Lipinski definition) is 2. The lowest BCUT2D eigenvalue weighted by atomic mass is 9.93. The minimum absolute atomic E-state index is 0.300. The van der Waals surface area contributed by atoms with Crippen LogP contribution in [0.2, 0.25) is 0 Å². The van der Waals surface area contributed by atoms with Crippen LogP contribution < -0.4 is 11.1 Å². The Morgan fingerprint density at radius 1 is 1.62 bits per heavy atom. The Morgan fingerprint density at radius 3 is 3.21 bits per heavy atom. The highest BCUT2D eigenvalue weighted by Crippen LogP contribution is 2.26. The highest BCUT2D eigenvalue weighted by molar-refractivity contribution is 9.12. The van der Waals surface area contributed by atoms with Gasteiger partial charge in [0.25, 0.3) is 0 Å². The molecular formula is C16H19BrN6O. The molecule has 0 aliphatic carbocycles. The number of hydrogen-bond acceptors (Lipinski definition) is 7. The number of nitrogens with zero attached hydrogens (tertiary/aromatic N) is 4. The highest BCUT2D eigenvalue weighted by atomic mass is 79.9. The zero-order valence-corrected chi connectivity index (χ0v) is 14.8. The topological polar surface area (TPSA) is 103 Å². The molecule has 1 aromatic heterocycles. The van der Waals surface area contributed by atoms with E-state index in [1.54, 1.807) is 23.6 Å². The Morgan fingerprint density at radius 2 is 2.50 bits per heavy atom. The number of nitriles is 1. The van der Waals surface area contributed by atoms with Gasteiger partial charge in [-0.25, -0.2) is 5.01 Å². The van der Waals surface area contributed by atoms with Crippen LogP contribution in [0.5, 0.6) is 0 Å². The monoisotopic (exact) mass is 390 g/mol. The van der Waals surface area contributed by atoms with E-state index in [1.165, 1.54) is 0 Å². The number of furan rings is 1. The largest absolute Gasteiger partial charge is 0.454 e. The predicted molar refractivity (Wildman–Crippen MR) is 95.5 cm³/mol. The summed E-state index contributed by atoms with van der Waals surface area (Å²) in [7, 11) is 0. The number of aliphatic imine (C=N–C) groups is 1. The van der Waals surface area contributed by atoms with Gasteiger partial charge in [-0.15, -0.1) is 0 Å². The van der Waals surface area contributed by atoms with Crippen molar-refractivity contribution in [2.24, 2.45) is 21.7 Å². The maximum absolute atomic E-state index is 8.74. The molecule has 7 nitrogen and oxygen atoms in total. The lowest BCUT2D eigenvalue weighted by molar-refractivity contribution is 0.363. The first-order valence-corrected chi connectivity index (χ1v) is 8.66. The average molecular weight is 391 g/mol. The Hall–Kier alpha value is -2.11. The third-order valence-corrected chi connectivity index (χ3v) is 4.91. The van der Waals surface area contributed by atoms with Gasteiger partial charge in [-0.05, 0) is 46.9 Å². The van der Waals surface area contributed by atoms with Gasteiger partial charge in [-0.3, -0.25) is 4.99 Å². The number of rotatable bonds is 4. The van der Waals surface area contributed by atoms with Crippen molar-refractivity contribution in [3.05, 3.63) is 34.0 Å². The molecule has 8 heteroatoms. The molecule has 1 fully saturated rings. The molecule has 3 heterocycles. The molecule has 3 N–H and O–H groups in total. The normalized spacial score (nSPS) is 21.9. The van der Waals surface area contributed by atoms with Crippen LogP contribution in [-0.4, -0.2) is 36.7 Å². The molecule has 0 bridgehead atoms. The Bertz CT molecular complexity index is 723. The van der Waals surface area contributed by atoms with Gasteiger partial charge < -0.3 is 15.5 Å². The number of allylic oxidation sites excluding steroid dienone is 1. The molecule has 0 spiro atoms. The first kappa shape index (κ1) is 16.7. The van der Waals surface area contributed by atoms with Gasteiger partial charge in [0.15, 0.2) is 0 Å². The van der Waals surface area contributed by atoms with Crippen LogP contribution in [0.1, 0.15) is 24.2 Å². The van der Waals surface area contributed by atoms with Gasteiger partial charge in [-0.1, -0.05) is 0 Å². The average Bonchev–Trinajstić information content (AvgIpc) is 3.07. The van der Waals surface area contributed by atoms with Crippen LogP contribution in [-0.2, 0) is 6.42 Å². The second-order valence-electron chi connectivity index (χ2n) is 5.76. The van der Waals surface area contributed by atoms with E-state index in [1.807, 2.05) is 6.07 Å². The molecule has 2 aliphatic rings. The SMILES string of the molecule is N#Cc1cc(C/C=N\N2CN=C(C3CCCNC3)C(Br)=C2N)co1. The minimum atomic E-state index is 0.300. The van der Waals surface area contributed by atoms with Crippen molar-refractivity contribution in [3.8, 4) is 6.07 Å². The molecule has 24 heavy (non-hydrogen) atoms. The predicted octanol–water partition coefficient (Wildman–Crippen LogP) is 1.92. The van der Waals surface area contributed by atoms with Crippen molar-refractivity contribution in [2.75, 3.05) is 19.8 Å². The maximum Gasteiger partial charge on any atom is 0.203 e. The summed E-state index contributed by atoms with van der Waals surface area (Å²) in [6.45, 7) is 2.42. The first-order valence-electron chi connectivity index (χ1n) is 7.87. The first-order chi connectivity index (χ1) is 11.7. The van der Waals surface area contributed by atoms with Crippen molar-refractivity contribution in [3.63, 3.8) is 0 Å². The second-order valence-corrected chi connectivity index (χ2v) is 6.55. The van der Waals surface area contributed by atoms with Gasteiger partial charge >= 0.3 is 0 Å². The Balaban J connectivity index is 1.63. The van der Waals surface area contributed by atoms with E-state index >= 15 is 0 Å². The summed E-state index contributed by atoms with van der Waals surface area (Å²) in [5.74, 6) is 1.27. The van der Waals surface area contributed by atoms with E-state index in [2.05, 4.69) is 31.3 Å². The highest BCUT2D eigenvalue weighted by Gasteiger charge is 2.26. The van der Waals surface area contributed by atoms with Gasteiger partial charge in [-0.2, -0.15) is 10.4 Å². The molecule has 1 unspecified atom stereocenters. The zero-order chi connectivity index (χ0) is 16.9. The lowest BCUT2D eigenvalue weighted by Crippen LogP contribution is -2.38.